The van der Waals surface area contributed by atoms with Gasteiger partial charge in [0.25, 0.3) is 5.91 Å². The summed E-state index contributed by atoms with van der Waals surface area (Å²) in [7, 11) is 0. The summed E-state index contributed by atoms with van der Waals surface area (Å²) in [5.41, 5.74) is 0.580. The third-order valence-corrected chi connectivity index (χ3v) is 6.53. The van der Waals surface area contributed by atoms with Crippen molar-refractivity contribution in [3.05, 3.63) is 46.7 Å². The maximum absolute atomic E-state index is 13.1. The number of halogens is 1. The van der Waals surface area contributed by atoms with Gasteiger partial charge in [0.1, 0.15) is 11.9 Å². The second-order valence-corrected chi connectivity index (χ2v) is 9.11. The van der Waals surface area contributed by atoms with Crippen LogP contribution in [-0.4, -0.2) is 76.9 Å². The summed E-state index contributed by atoms with van der Waals surface area (Å²) in [6, 6.07) is 7.72. The van der Waals surface area contributed by atoms with Gasteiger partial charge in [-0.25, -0.2) is 0 Å². The maximum atomic E-state index is 13.1. The molecule has 2 aromatic rings. The molecule has 2 fully saturated rings. The molecule has 0 radical (unpaired) electrons. The summed E-state index contributed by atoms with van der Waals surface area (Å²) >= 11 is 3.48. The minimum absolute atomic E-state index is 0.0468. The van der Waals surface area contributed by atoms with Crippen molar-refractivity contribution < 1.29 is 19.1 Å². The highest BCUT2D eigenvalue weighted by Gasteiger charge is 2.36. The molecule has 0 spiro atoms. The van der Waals surface area contributed by atoms with E-state index >= 15 is 0 Å². The van der Waals surface area contributed by atoms with Gasteiger partial charge >= 0.3 is 0 Å². The van der Waals surface area contributed by atoms with Gasteiger partial charge in [0.05, 0.1) is 25.0 Å². The lowest BCUT2D eigenvalue weighted by atomic mass is 9.90. The largest absolute Gasteiger partial charge is 0.490 e. The number of aryl methyl sites for hydroxylation is 1. The highest BCUT2D eigenvalue weighted by Crippen LogP contribution is 2.28. The van der Waals surface area contributed by atoms with Crippen LogP contribution in [0.5, 0.6) is 5.75 Å². The summed E-state index contributed by atoms with van der Waals surface area (Å²) in [5, 5.41) is 4.23. The lowest BCUT2D eigenvalue weighted by Gasteiger charge is -2.39. The molecule has 2 aliphatic heterocycles. The fraction of sp³-hybridized carbons (Fsp3) is 0.522. The molecular formula is C23H29BrN4O4. The molecule has 0 aliphatic carbocycles. The molecule has 0 saturated carbocycles. The summed E-state index contributed by atoms with van der Waals surface area (Å²) < 4.78 is 14.4. The quantitative estimate of drug-likeness (QED) is 0.604. The molecule has 172 valence electrons. The van der Waals surface area contributed by atoms with Crippen molar-refractivity contribution in [2.45, 2.75) is 32.4 Å². The Labute approximate surface area is 196 Å². The lowest BCUT2D eigenvalue weighted by molar-refractivity contribution is -0.137. The van der Waals surface area contributed by atoms with Crippen LogP contribution in [0.25, 0.3) is 0 Å². The number of hydrogen-bond acceptors (Lipinski definition) is 5. The molecule has 4 rings (SSSR count). The fourth-order valence-corrected chi connectivity index (χ4v) is 4.64. The molecule has 1 aromatic heterocycles. The zero-order valence-corrected chi connectivity index (χ0v) is 19.9. The number of hydrogen-bond donors (Lipinski definition) is 0. The molecule has 0 unspecified atom stereocenters. The molecule has 32 heavy (non-hydrogen) atoms. The predicted molar refractivity (Wildman–Crippen MR) is 122 cm³/mol. The zero-order valence-electron chi connectivity index (χ0n) is 18.3. The van der Waals surface area contributed by atoms with E-state index in [4.69, 9.17) is 9.47 Å². The molecule has 2 atom stereocenters. The van der Waals surface area contributed by atoms with Crippen LogP contribution in [0.1, 0.15) is 30.1 Å². The Morgan fingerprint density at radius 3 is 2.75 bits per heavy atom. The van der Waals surface area contributed by atoms with E-state index in [9.17, 15) is 9.59 Å². The molecular weight excluding hydrogens is 476 g/mol. The Balaban J connectivity index is 1.48. The van der Waals surface area contributed by atoms with Crippen molar-refractivity contribution in [3.8, 4) is 5.75 Å². The van der Waals surface area contributed by atoms with Gasteiger partial charge in [-0.15, -0.1) is 0 Å². The van der Waals surface area contributed by atoms with Crippen molar-refractivity contribution in [2.75, 3.05) is 39.4 Å². The summed E-state index contributed by atoms with van der Waals surface area (Å²) in [4.78, 5) is 29.8. The lowest BCUT2D eigenvalue weighted by Crippen LogP contribution is -2.50. The minimum Gasteiger partial charge on any atom is -0.490 e. The Hall–Kier alpha value is -2.39. The van der Waals surface area contributed by atoms with Crippen LogP contribution in [0, 0.1) is 5.92 Å². The van der Waals surface area contributed by atoms with E-state index in [1.165, 1.54) is 0 Å². The van der Waals surface area contributed by atoms with Gasteiger partial charge in [-0.1, -0.05) is 22.0 Å². The molecule has 2 amide bonds. The number of ether oxygens (including phenoxy) is 2. The first-order chi connectivity index (χ1) is 15.5. The second-order valence-electron chi connectivity index (χ2n) is 8.20. The van der Waals surface area contributed by atoms with Crippen LogP contribution < -0.4 is 4.74 Å². The average Bonchev–Trinajstić information content (AvgIpc) is 3.30. The van der Waals surface area contributed by atoms with Crippen LogP contribution in [-0.2, 0) is 16.1 Å². The van der Waals surface area contributed by atoms with Crippen molar-refractivity contribution in [1.82, 2.24) is 19.6 Å². The third kappa shape index (κ3) is 5.50. The smallest absolute Gasteiger partial charge is 0.257 e. The first-order valence-corrected chi connectivity index (χ1v) is 11.9. The van der Waals surface area contributed by atoms with Gasteiger partial charge in [0.15, 0.2) is 0 Å². The highest BCUT2D eigenvalue weighted by atomic mass is 79.9. The second kappa shape index (κ2) is 10.5. The standard InChI is InChI=1S/C23H29BrN4O4/c1-2-28-16-18(14-25-28)23(30)27-7-6-21(32-20-5-3-4-19(24)13-20)17(15-27)12-22(29)26-8-10-31-11-9-26/h3-5,13-14,16-17,21H,2,6-12,15H2,1H3/t17-,21-/m0/s1. The minimum atomic E-state index is -0.142. The van der Waals surface area contributed by atoms with Crippen molar-refractivity contribution in [1.29, 1.82) is 0 Å². The highest BCUT2D eigenvalue weighted by molar-refractivity contribution is 9.10. The summed E-state index contributed by atoms with van der Waals surface area (Å²) in [5.74, 6) is 0.712. The molecule has 8 nitrogen and oxygen atoms in total. The molecule has 0 bridgehead atoms. The predicted octanol–water partition coefficient (Wildman–Crippen LogP) is 2.82. The number of rotatable bonds is 6. The number of carbonyl (C=O) groups is 2. The fourth-order valence-electron chi connectivity index (χ4n) is 4.26. The van der Waals surface area contributed by atoms with E-state index in [2.05, 4.69) is 21.0 Å². The molecule has 2 aliphatic rings. The van der Waals surface area contributed by atoms with E-state index < -0.39 is 0 Å². The maximum Gasteiger partial charge on any atom is 0.257 e. The van der Waals surface area contributed by atoms with Gasteiger partial charge in [-0.05, 0) is 25.1 Å². The summed E-state index contributed by atoms with van der Waals surface area (Å²) in [6.07, 6.45) is 4.26. The van der Waals surface area contributed by atoms with Crippen molar-refractivity contribution in [3.63, 3.8) is 0 Å². The van der Waals surface area contributed by atoms with Crippen LogP contribution in [0.3, 0.4) is 0 Å². The average molecular weight is 505 g/mol. The van der Waals surface area contributed by atoms with Crippen LogP contribution in [0.15, 0.2) is 41.1 Å². The number of morpholine rings is 1. The number of amides is 2. The third-order valence-electron chi connectivity index (χ3n) is 6.04. The molecule has 2 saturated heterocycles. The number of nitrogens with zero attached hydrogens (tertiary/aromatic N) is 4. The molecule has 1 aromatic carbocycles. The van der Waals surface area contributed by atoms with E-state index in [0.29, 0.717) is 64.3 Å². The summed E-state index contributed by atoms with van der Waals surface area (Å²) in [6.45, 7) is 6.12. The van der Waals surface area contributed by atoms with E-state index in [1.807, 2.05) is 41.0 Å². The normalized spacial score (nSPS) is 21.4. The number of benzene rings is 1. The Bertz CT molecular complexity index is 944. The van der Waals surface area contributed by atoms with Crippen molar-refractivity contribution in [2.24, 2.45) is 5.92 Å². The van der Waals surface area contributed by atoms with Crippen LogP contribution in [0.2, 0.25) is 0 Å². The Morgan fingerprint density at radius 1 is 1.22 bits per heavy atom. The van der Waals surface area contributed by atoms with Gasteiger partial charge in [-0.2, -0.15) is 5.10 Å². The monoisotopic (exact) mass is 504 g/mol. The van der Waals surface area contributed by atoms with Gasteiger partial charge in [0, 0.05) is 62.2 Å². The van der Waals surface area contributed by atoms with Crippen molar-refractivity contribution >= 4 is 27.7 Å². The zero-order chi connectivity index (χ0) is 22.5. The number of piperidine rings is 1. The van der Waals surface area contributed by atoms with Crippen LogP contribution in [0.4, 0.5) is 0 Å². The molecule has 9 heteroatoms. The number of carbonyl (C=O) groups excluding carboxylic acids is 2. The van der Waals surface area contributed by atoms with E-state index in [1.54, 1.807) is 17.1 Å². The number of aromatic nitrogens is 2. The SMILES string of the molecule is CCn1cc(C(=O)N2CC[C@H](Oc3cccc(Br)c3)[C@@H](CC(=O)N3CCOCC3)C2)cn1. The Morgan fingerprint density at radius 2 is 2.03 bits per heavy atom. The topological polar surface area (TPSA) is 76.9 Å². The molecule has 0 N–H and O–H groups in total. The van der Waals surface area contributed by atoms with Gasteiger partial charge in [-0.3, -0.25) is 14.3 Å². The molecule has 3 heterocycles. The van der Waals surface area contributed by atoms with Crippen LogP contribution >= 0.6 is 15.9 Å². The first-order valence-electron chi connectivity index (χ1n) is 11.1. The first kappa shape index (κ1) is 22.8. The Kier molecular flexibility index (Phi) is 7.47. The van der Waals surface area contributed by atoms with E-state index in [-0.39, 0.29) is 23.8 Å². The van der Waals surface area contributed by atoms with E-state index in [0.717, 1.165) is 10.2 Å². The van der Waals surface area contributed by atoms with Gasteiger partial charge in [0.2, 0.25) is 5.91 Å². The number of likely N-dealkylation sites (tertiary alicyclic amines) is 1. The van der Waals surface area contributed by atoms with Gasteiger partial charge < -0.3 is 19.3 Å².